The number of benzene rings is 2. The van der Waals surface area contributed by atoms with Crippen LogP contribution >= 0.6 is 0 Å². The van der Waals surface area contributed by atoms with E-state index in [-0.39, 0.29) is 11.9 Å². The van der Waals surface area contributed by atoms with Crippen LogP contribution in [0.5, 0.6) is 5.75 Å². The van der Waals surface area contributed by atoms with Crippen molar-refractivity contribution in [2.24, 2.45) is 0 Å². The molecule has 31 heavy (non-hydrogen) atoms. The molecule has 1 N–H and O–H groups in total. The molecule has 0 aromatic heterocycles. The van der Waals surface area contributed by atoms with Gasteiger partial charge in [0, 0.05) is 0 Å². The van der Waals surface area contributed by atoms with Crippen molar-refractivity contribution in [1.29, 1.82) is 0 Å². The average molecular weight is 447 g/mol. The number of aryl methyl sites for hydroxylation is 3. The average Bonchev–Trinajstić information content (AvgIpc) is 2.67. The molecule has 6 nitrogen and oxygen atoms in total. The Morgan fingerprint density at radius 1 is 1.03 bits per heavy atom. The highest BCUT2D eigenvalue weighted by Crippen LogP contribution is 2.27. The van der Waals surface area contributed by atoms with Gasteiger partial charge in [-0.3, -0.25) is 9.10 Å². The van der Waals surface area contributed by atoms with Gasteiger partial charge in [-0.2, -0.15) is 0 Å². The summed E-state index contributed by atoms with van der Waals surface area (Å²) in [5, 5.41) is 3.06. The second kappa shape index (κ2) is 10.2. The van der Waals surface area contributed by atoms with Crippen LogP contribution in [0.3, 0.4) is 0 Å². The van der Waals surface area contributed by atoms with E-state index in [1.165, 1.54) is 4.31 Å². The van der Waals surface area contributed by atoms with Crippen LogP contribution in [0.25, 0.3) is 0 Å². The van der Waals surface area contributed by atoms with Crippen molar-refractivity contribution < 1.29 is 17.9 Å². The molecule has 2 rings (SSSR count). The lowest BCUT2D eigenvalue weighted by Crippen LogP contribution is -2.50. The Bertz CT molecular complexity index is 1010. The van der Waals surface area contributed by atoms with Crippen molar-refractivity contribution >= 4 is 21.6 Å². The Labute approximate surface area is 186 Å². The molecular weight excluding hydrogens is 412 g/mol. The fourth-order valence-corrected chi connectivity index (χ4v) is 5.14. The maximum absolute atomic E-state index is 13.3. The number of ether oxygens (including phenoxy) is 1. The highest BCUT2D eigenvalue weighted by Gasteiger charge is 2.32. The van der Waals surface area contributed by atoms with E-state index in [9.17, 15) is 13.2 Å². The lowest BCUT2D eigenvalue weighted by Gasteiger charge is -2.32. The van der Waals surface area contributed by atoms with Crippen molar-refractivity contribution in [2.45, 2.75) is 59.5 Å². The molecule has 0 aliphatic rings. The van der Waals surface area contributed by atoms with Gasteiger partial charge < -0.3 is 10.1 Å². The number of amides is 1. The van der Waals surface area contributed by atoms with Crippen molar-refractivity contribution in [3.8, 4) is 5.75 Å². The molecule has 1 amide bonds. The van der Waals surface area contributed by atoms with E-state index >= 15 is 0 Å². The van der Waals surface area contributed by atoms with Gasteiger partial charge in [0.15, 0.2) is 0 Å². The number of methoxy groups -OCH3 is 1. The van der Waals surface area contributed by atoms with Crippen molar-refractivity contribution in [1.82, 2.24) is 5.32 Å². The lowest BCUT2D eigenvalue weighted by atomic mass is 10.0. The zero-order valence-electron chi connectivity index (χ0n) is 19.5. The topological polar surface area (TPSA) is 75.7 Å². The molecule has 0 radical (unpaired) electrons. The summed E-state index contributed by atoms with van der Waals surface area (Å²) in [6.45, 7) is 9.60. The molecule has 0 saturated heterocycles. The zero-order chi connectivity index (χ0) is 23.3. The van der Waals surface area contributed by atoms with E-state index < -0.39 is 16.1 Å². The third-order valence-corrected chi connectivity index (χ3v) is 6.52. The smallest absolute Gasteiger partial charge is 0.244 e. The molecule has 0 spiro atoms. The molecule has 0 fully saturated rings. The van der Waals surface area contributed by atoms with Crippen LogP contribution in [0.1, 0.15) is 55.0 Å². The van der Waals surface area contributed by atoms with Crippen molar-refractivity contribution in [2.75, 3.05) is 17.7 Å². The van der Waals surface area contributed by atoms with Gasteiger partial charge in [0.1, 0.15) is 11.8 Å². The number of hydrogen-bond donors (Lipinski definition) is 1. The van der Waals surface area contributed by atoms with Crippen LogP contribution in [0.15, 0.2) is 36.4 Å². The van der Waals surface area contributed by atoms with Crippen molar-refractivity contribution in [3.63, 3.8) is 0 Å². The van der Waals surface area contributed by atoms with Crippen LogP contribution in [0, 0.1) is 20.8 Å². The molecule has 7 heteroatoms. The maximum atomic E-state index is 13.3. The van der Waals surface area contributed by atoms with Crippen LogP contribution in [0.4, 0.5) is 5.69 Å². The fourth-order valence-electron chi connectivity index (χ4n) is 3.95. The first-order valence-electron chi connectivity index (χ1n) is 10.5. The minimum atomic E-state index is -3.67. The van der Waals surface area contributed by atoms with Crippen LogP contribution in [-0.2, 0) is 14.8 Å². The summed E-state index contributed by atoms with van der Waals surface area (Å²) < 4.78 is 32.0. The third kappa shape index (κ3) is 6.00. The number of sulfonamides is 1. The zero-order valence-corrected chi connectivity index (χ0v) is 20.3. The molecule has 0 aliphatic heterocycles. The van der Waals surface area contributed by atoms with E-state index in [1.807, 2.05) is 58.9 Å². The van der Waals surface area contributed by atoms with Crippen LogP contribution in [-0.4, -0.2) is 33.7 Å². The van der Waals surface area contributed by atoms with E-state index in [4.69, 9.17) is 4.74 Å². The molecule has 0 bridgehead atoms. The monoisotopic (exact) mass is 446 g/mol. The predicted molar refractivity (Wildman–Crippen MR) is 126 cm³/mol. The Morgan fingerprint density at radius 3 is 2.10 bits per heavy atom. The van der Waals surface area contributed by atoms with Crippen molar-refractivity contribution in [3.05, 3.63) is 58.7 Å². The Hall–Kier alpha value is -2.54. The van der Waals surface area contributed by atoms with Crippen LogP contribution < -0.4 is 14.4 Å². The molecule has 0 aliphatic carbocycles. The van der Waals surface area contributed by atoms with E-state index in [1.54, 1.807) is 19.2 Å². The Morgan fingerprint density at radius 2 is 1.65 bits per heavy atom. The van der Waals surface area contributed by atoms with Gasteiger partial charge in [-0.15, -0.1) is 0 Å². The first-order chi connectivity index (χ1) is 14.5. The van der Waals surface area contributed by atoms with Gasteiger partial charge in [-0.25, -0.2) is 8.42 Å². The largest absolute Gasteiger partial charge is 0.496 e. The molecule has 2 aromatic rings. The molecular formula is C24H34N2O4S. The number of rotatable bonds is 9. The summed E-state index contributed by atoms with van der Waals surface area (Å²) in [6.07, 6.45) is 2.17. The number of nitrogens with one attached hydrogen (secondary N) is 1. The maximum Gasteiger partial charge on any atom is 0.244 e. The van der Waals surface area contributed by atoms with E-state index in [2.05, 4.69) is 5.32 Å². The minimum Gasteiger partial charge on any atom is -0.496 e. The van der Waals surface area contributed by atoms with E-state index in [0.717, 1.165) is 34.3 Å². The molecule has 2 aromatic carbocycles. The molecule has 170 valence electrons. The van der Waals surface area contributed by atoms with Gasteiger partial charge in [-0.05, 0) is 74.1 Å². The first-order valence-corrected chi connectivity index (χ1v) is 12.4. The molecule has 0 saturated carbocycles. The lowest BCUT2D eigenvalue weighted by molar-refractivity contribution is -0.123. The number of carbonyl (C=O) groups is 1. The van der Waals surface area contributed by atoms with Gasteiger partial charge >= 0.3 is 0 Å². The molecule has 0 unspecified atom stereocenters. The minimum absolute atomic E-state index is 0.230. The number of nitrogens with zero attached hydrogens (tertiary/aromatic N) is 1. The third-order valence-electron chi connectivity index (χ3n) is 5.34. The highest BCUT2D eigenvalue weighted by molar-refractivity contribution is 7.92. The summed E-state index contributed by atoms with van der Waals surface area (Å²) in [5.41, 5.74) is 4.34. The number of carbonyl (C=O) groups excluding carboxylic acids is 1. The van der Waals surface area contributed by atoms with Crippen LogP contribution in [0.2, 0.25) is 0 Å². The first kappa shape index (κ1) is 24.7. The molecule has 0 heterocycles. The second-order valence-corrected chi connectivity index (χ2v) is 9.89. The summed E-state index contributed by atoms with van der Waals surface area (Å²) in [6, 6.07) is 10.3. The summed E-state index contributed by atoms with van der Waals surface area (Å²) in [4.78, 5) is 13.3. The summed E-state index contributed by atoms with van der Waals surface area (Å²) >= 11 is 0. The summed E-state index contributed by atoms with van der Waals surface area (Å²) in [7, 11) is -2.05. The molecule has 2 atom stereocenters. The predicted octanol–water partition coefficient (Wildman–Crippen LogP) is 4.43. The van der Waals surface area contributed by atoms with E-state index in [0.29, 0.717) is 18.5 Å². The Balaban J connectivity index is 2.39. The standard InChI is InChI=1S/C24H34N2O4S/c1-8-21(19-10-11-23(30-6)18(5)15-19)25-24(27)22(9-2)26(31(7,28)29)20-13-16(3)12-17(4)14-20/h10-15,21-22H,8-9H2,1-7H3,(H,25,27)/t21-,22-/m1/s1. The van der Waals surface area contributed by atoms with Gasteiger partial charge in [0.05, 0.1) is 25.1 Å². The normalized spacial score (nSPS) is 13.4. The van der Waals surface area contributed by atoms with Gasteiger partial charge in [0.25, 0.3) is 0 Å². The summed E-state index contributed by atoms with van der Waals surface area (Å²) in [5.74, 6) is 0.474. The second-order valence-electron chi connectivity index (χ2n) is 8.03. The number of hydrogen-bond acceptors (Lipinski definition) is 4. The Kier molecular flexibility index (Phi) is 8.12. The number of anilines is 1. The fraction of sp³-hybridized carbons (Fsp3) is 0.458. The highest BCUT2D eigenvalue weighted by atomic mass is 32.2. The quantitative estimate of drug-likeness (QED) is 0.618. The van der Waals surface area contributed by atoms with Gasteiger partial charge in [0.2, 0.25) is 15.9 Å². The van der Waals surface area contributed by atoms with Gasteiger partial charge in [-0.1, -0.05) is 32.0 Å². The SMILES string of the molecule is CC[C@H](C(=O)N[C@H](CC)c1ccc(OC)c(C)c1)N(c1cc(C)cc(C)c1)S(C)(=O)=O.